The van der Waals surface area contributed by atoms with Gasteiger partial charge in [-0.15, -0.1) is 0 Å². The van der Waals surface area contributed by atoms with Gasteiger partial charge >= 0.3 is 0 Å². The van der Waals surface area contributed by atoms with Crippen molar-refractivity contribution >= 4 is 11.6 Å². The van der Waals surface area contributed by atoms with Gasteiger partial charge in [0.05, 0.1) is 11.9 Å². The zero-order valence-corrected chi connectivity index (χ0v) is 12.8. The molecule has 0 aliphatic heterocycles. The molecule has 1 aromatic heterocycles. The number of hydrogen-bond donors (Lipinski definition) is 2. The first-order valence-electron chi connectivity index (χ1n) is 7.72. The molecule has 20 heavy (non-hydrogen) atoms. The number of nitrogens with zero attached hydrogens (tertiary/aromatic N) is 2. The van der Waals surface area contributed by atoms with E-state index in [9.17, 15) is 4.79 Å². The Balaban J connectivity index is 2.06. The minimum Gasteiger partial charge on any atom is -0.396 e. The highest BCUT2D eigenvalue weighted by Gasteiger charge is 2.13. The maximum Gasteiger partial charge on any atom is 0.271 e. The highest BCUT2D eigenvalue weighted by Crippen LogP contribution is 2.10. The zero-order chi connectivity index (χ0) is 14.8. The highest BCUT2D eigenvalue weighted by atomic mass is 16.2. The van der Waals surface area contributed by atoms with E-state index in [1.165, 1.54) is 55.8 Å². The van der Waals surface area contributed by atoms with Crippen LogP contribution >= 0.6 is 0 Å². The average Bonchev–Trinajstić information content (AvgIpc) is 2.76. The van der Waals surface area contributed by atoms with Crippen molar-refractivity contribution in [3.8, 4) is 0 Å². The van der Waals surface area contributed by atoms with Crippen LogP contribution in [-0.2, 0) is 7.05 Å². The maximum atomic E-state index is 11.9. The fraction of sp³-hybridized carbons (Fsp3) is 0.733. The molecule has 0 bridgehead atoms. The van der Waals surface area contributed by atoms with Crippen molar-refractivity contribution < 1.29 is 4.79 Å². The van der Waals surface area contributed by atoms with Crippen molar-refractivity contribution in [1.29, 1.82) is 0 Å². The van der Waals surface area contributed by atoms with E-state index in [1.807, 2.05) is 0 Å². The van der Waals surface area contributed by atoms with E-state index < -0.39 is 0 Å². The van der Waals surface area contributed by atoms with Crippen molar-refractivity contribution in [3.63, 3.8) is 0 Å². The van der Waals surface area contributed by atoms with Gasteiger partial charge in [-0.05, 0) is 6.42 Å². The monoisotopic (exact) mass is 280 g/mol. The van der Waals surface area contributed by atoms with E-state index in [1.54, 1.807) is 7.05 Å². The summed E-state index contributed by atoms with van der Waals surface area (Å²) in [7, 11) is 1.72. The normalized spacial score (nSPS) is 10.7. The molecule has 114 valence electrons. The predicted octanol–water partition coefficient (Wildman–Crippen LogP) is 2.87. The lowest BCUT2D eigenvalue weighted by Gasteiger charge is -2.06. The standard InChI is InChI=1S/C15H28N4O/c1-3-4-5-6-7-8-9-10-11-17-15(20)14-13(16)12-18-19(14)2/h12H,3-11,16H2,1-2H3,(H,17,20). The second kappa shape index (κ2) is 9.39. The first-order chi connectivity index (χ1) is 9.66. The second-order valence-electron chi connectivity index (χ2n) is 5.30. The first-order valence-corrected chi connectivity index (χ1v) is 7.72. The smallest absolute Gasteiger partial charge is 0.271 e. The maximum absolute atomic E-state index is 11.9. The first kappa shape index (κ1) is 16.5. The van der Waals surface area contributed by atoms with Crippen molar-refractivity contribution in [1.82, 2.24) is 15.1 Å². The number of aromatic nitrogens is 2. The van der Waals surface area contributed by atoms with Crippen molar-refractivity contribution in [2.24, 2.45) is 7.05 Å². The SMILES string of the molecule is CCCCCCCCCCNC(=O)c1c(N)cnn1C. The highest BCUT2D eigenvalue weighted by molar-refractivity contribution is 5.97. The fourth-order valence-electron chi connectivity index (χ4n) is 2.28. The lowest BCUT2D eigenvalue weighted by molar-refractivity contribution is 0.0944. The molecule has 0 aromatic carbocycles. The number of anilines is 1. The summed E-state index contributed by atoms with van der Waals surface area (Å²) in [5.41, 5.74) is 6.59. The van der Waals surface area contributed by atoms with Crippen LogP contribution < -0.4 is 11.1 Å². The Morgan fingerprint density at radius 2 is 1.80 bits per heavy atom. The van der Waals surface area contributed by atoms with E-state index in [-0.39, 0.29) is 5.91 Å². The molecule has 5 heteroatoms. The van der Waals surface area contributed by atoms with Crippen molar-refractivity contribution in [2.45, 2.75) is 58.3 Å². The Labute approximate surface area is 121 Å². The molecule has 1 aromatic rings. The summed E-state index contributed by atoms with van der Waals surface area (Å²) in [5, 5.41) is 6.86. The molecule has 5 nitrogen and oxygen atoms in total. The second-order valence-corrected chi connectivity index (χ2v) is 5.30. The summed E-state index contributed by atoms with van der Waals surface area (Å²) < 4.78 is 1.51. The molecule has 1 amide bonds. The van der Waals surface area contributed by atoms with E-state index in [0.717, 1.165) is 6.42 Å². The van der Waals surface area contributed by atoms with Gasteiger partial charge in [0.2, 0.25) is 0 Å². The molecule has 0 saturated carbocycles. The number of amides is 1. The fourth-order valence-corrected chi connectivity index (χ4v) is 2.28. The number of carbonyl (C=O) groups is 1. The molecule has 0 unspecified atom stereocenters. The van der Waals surface area contributed by atoms with Crippen LogP contribution in [0.25, 0.3) is 0 Å². The van der Waals surface area contributed by atoms with Crippen LogP contribution in [0.2, 0.25) is 0 Å². The summed E-state index contributed by atoms with van der Waals surface area (Å²) in [5.74, 6) is -0.134. The predicted molar refractivity (Wildman–Crippen MR) is 82.6 cm³/mol. The van der Waals surface area contributed by atoms with Crippen LogP contribution in [0.3, 0.4) is 0 Å². The Morgan fingerprint density at radius 3 is 2.35 bits per heavy atom. The van der Waals surface area contributed by atoms with E-state index in [4.69, 9.17) is 5.73 Å². The number of nitrogens with two attached hydrogens (primary N) is 1. The van der Waals surface area contributed by atoms with Gasteiger partial charge in [0.1, 0.15) is 5.69 Å². The third kappa shape index (κ3) is 5.63. The largest absolute Gasteiger partial charge is 0.396 e. The van der Waals surface area contributed by atoms with Gasteiger partial charge in [-0.25, -0.2) is 0 Å². The lowest BCUT2D eigenvalue weighted by Crippen LogP contribution is -2.27. The molecular formula is C15H28N4O. The Morgan fingerprint density at radius 1 is 1.20 bits per heavy atom. The topological polar surface area (TPSA) is 72.9 Å². The minimum atomic E-state index is -0.134. The van der Waals surface area contributed by atoms with Gasteiger partial charge in [0, 0.05) is 13.6 Å². The number of unbranched alkanes of at least 4 members (excludes halogenated alkanes) is 7. The molecule has 0 spiro atoms. The molecular weight excluding hydrogens is 252 g/mol. The van der Waals surface area contributed by atoms with Crippen LogP contribution in [0, 0.1) is 0 Å². The summed E-state index contributed by atoms with van der Waals surface area (Å²) >= 11 is 0. The Kier molecular flexibility index (Phi) is 7.77. The van der Waals surface area contributed by atoms with Crippen LogP contribution in [0.1, 0.15) is 68.8 Å². The Bertz CT molecular complexity index is 381. The molecule has 1 rings (SSSR count). The summed E-state index contributed by atoms with van der Waals surface area (Å²) in [4.78, 5) is 11.9. The van der Waals surface area contributed by atoms with Gasteiger partial charge in [-0.2, -0.15) is 5.10 Å². The molecule has 0 atom stereocenters. The summed E-state index contributed by atoms with van der Waals surface area (Å²) in [6.07, 6.45) is 11.6. The van der Waals surface area contributed by atoms with Crippen LogP contribution in [0.5, 0.6) is 0 Å². The number of aryl methyl sites for hydroxylation is 1. The Hall–Kier alpha value is -1.52. The zero-order valence-electron chi connectivity index (χ0n) is 12.8. The molecule has 0 aliphatic rings. The number of hydrogen-bond acceptors (Lipinski definition) is 3. The van der Waals surface area contributed by atoms with E-state index >= 15 is 0 Å². The van der Waals surface area contributed by atoms with Crippen molar-refractivity contribution in [2.75, 3.05) is 12.3 Å². The van der Waals surface area contributed by atoms with Gasteiger partial charge in [0.15, 0.2) is 0 Å². The van der Waals surface area contributed by atoms with Crippen LogP contribution in [0.4, 0.5) is 5.69 Å². The number of rotatable bonds is 10. The van der Waals surface area contributed by atoms with Gasteiger partial charge in [-0.3, -0.25) is 9.48 Å². The number of nitrogens with one attached hydrogen (secondary N) is 1. The van der Waals surface area contributed by atoms with Crippen molar-refractivity contribution in [3.05, 3.63) is 11.9 Å². The van der Waals surface area contributed by atoms with Gasteiger partial charge in [0.25, 0.3) is 5.91 Å². The lowest BCUT2D eigenvalue weighted by atomic mass is 10.1. The van der Waals surface area contributed by atoms with E-state index in [2.05, 4.69) is 17.3 Å². The number of nitrogen functional groups attached to an aromatic ring is 1. The molecule has 0 radical (unpaired) electrons. The molecule has 1 heterocycles. The van der Waals surface area contributed by atoms with Gasteiger partial charge < -0.3 is 11.1 Å². The number of carbonyl (C=O) groups excluding carboxylic acids is 1. The molecule has 0 fully saturated rings. The average molecular weight is 280 g/mol. The third-order valence-corrected chi connectivity index (χ3v) is 3.50. The summed E-state index contributed by atoms with van der Waals surface area (Å²) in [6, 6.07) is 0. The van der Waals surface area contributed by atoms with Crippen LogP contribution in [-0.4, -0.2) is 22.2 Å². The molecule has 0 saturated heterocycles. The molecule has 0 aliphatic carbocycles. The molecule has 3 N–H and O–H groups in total. The van der Waals surface area contributed by atoms with Gasteiger partial charge in [-0.1, -0.05) is 51.9 Å². The summed E-state index contributed by atoms with van der Waals surface area (Å²) in [6.45, 7) is 2.94. The van der Waals surface area contributed by atoms with Crippen LogP contribution in [0.15, 0.2) is 6.20 Å². The minimum absolute atomic E-state index is 0.134. The van der Waals surface area contributed by atoms with E-state index in [0.29, 0.717) is 17.9 Å². The quantitative estimate of drug-likeness (QED) is 0.647. The third-order valence-electron chi connectivity index (χ3n) is 3.50.